The first kappa shape index (κ1) is 10.1. The quantitative estimate of drug-likeness (QED) is 0.538. The standard InChI is InChI=1S/C9H12F2/c1-5-8(10)7(4)9(11)6(2)3/h5H,2H2,1,3-4H3/b8-5+,9-7+. The zero-order chi connectivity index (χ0) is 9.02. The van der Waals surface area contributed by atoms with Gasteiger partial charge in [0.15, 0.2) is 0 Å². The van der Waals surface area contributed by atoms with E-state index in [4.69, 9.17) is 0 Å². The Labute approximate surface area is 65.9 Å². The Bertz CT molecular complexity index is 222. The molecule has 0 aliphatic carbocycles. The van der Waals surface area contributed by atoms with Crippen molar-refractivity contribution in [3.8, 4) is 0 Å². The Hall–Kier alpha value is -0.920. The second-order valence-electron chi connectivity index (χ2n) is 2.36. The predicted molar refractivity (Wildman–Crippen MR) is 43.5 cm³/mol. The summed E-state index contributed by atoms with van der Waals surface area (Å²) in [5.41, 5.74) is 0.263. The highest BCUT2D eigenvalue weighted by Crippen LogP contribution is 2.20. The predicted octanol–water partition coefficient (Wildman–Crippen LogP) is 3.68. The van der Waals surface area contributed by atoms with E-state index in [1.807, 2.05) is 0 Å². The molecule has 0 amide bonds. The van der Waals surface area contributed by atoms with E-state index in [9.17, 15) is 8.78 Å². The number of hydrogen-bond donors (Lipinski definition) is 0. The molecule has 0 atom stereocenters. The second-order valence-corrected chi connectivity index (χ2v) is 2.36. The fourth-order valence-corrected chi connectivity index (χ4v) is 0.641. The summed E-state index contributed by atoms with van der Waals surface area (Å²) in [6, 6.07) is 0. The maximum atomic E-state index is 12.9. The highest BCUT2D eigenvalue weighted by atomic mass is 19.1. The summed E-state index contributed by atoms with van der Waals surface area (Å²) in [6.07, 6.45) is 1.22. The van der Waals surface area contributed by atoms with Gasteiger partial charge in [-0.2, -0.15) is 0 Å². The number of halogens is 2. The van der Waals surface area contributed by atoms with Crippen LogP contribution in [0.15, 0.2) is 35.5 Å². The van der Waals surface area contributed by atoms with Crippen LogP contribution in [0.2, 0.25) is 0 Å². The maximum absolute atomic E-state index is 12.9. The van der Waals surface area contributed by atoms with Gasteiger partial charge in [0, 0.05) is 5.57 Å². The molecular weight excluding hydrogens is 146 g/mol. The molecule has 11 heavy (non-hydrogen) atoms. The van der Waals surface area contributed by atoms with Crippen LogP contribution in [0, 0.1) is 0 Å². The van der Waals surface area contributed by atoms with E-state index >= 15 is 0 Å². The van der Waals surface area contributed by atoms with Crippen molar-refractivity contribution in [2.75, 3.05) is 0 Å². The van der Waals surface area contributed by atoms with Crippen molar-refractivity contribution in [2.45, 2.75) is 20.8 Å². The van der Waals surface area contributed by atoms with Crippen molar-refractivity contribution < 1.29 is 8.78 Å². The molecule has 0 aromatic rings. The average molecular weight is 158 g/mol. The van der Waals surface area contributed by atoms with Gasteiger partial charge in [0.1, 0.15) is 11.7 Å². The molecule has 0 rings (SSSR count). The van der Waals surface area contributed by atoms with Crippen LogP contribution in [-0.4, -0.2) is 0 Å². The van der Waals surface area contributed by atoms with Gasteiger partial charge < -0.3 is 0 Å². The molecule has 0 unspecified atom stereocenters. The molecular formula is C9H12F2. The minimum absolute atomic E-state index is 0.0139. The zero-order valence-electron chi connectivity index (χ0n) is 7.04. The van der Waals surface area contributed by atoms with Crippen LogP contribution < -0.4 is 0 Å². The van der Waals surface area contributed by atoms with Crippen molar-refractivity contribution in [3.63, 3.8) is 0 Å². The van der Waals surface area contributed by atoms with Crippen LogP contribution in [0.3, 0.4) is 0 Å². The normalized spacial score (nSPS) is 14.5. The minimum Gasteiger partial charge on any atom is -0.207 e. The molecule has 0 fully saturated rings. The Morgan fingerprint density at radius 3 is 2.00 bits per heavy atom. The molecule has 0 spiro atoms. The van der Waals surface area contributed by atoms with Crippen LogP contribution in [0.25, 0.3) is 0 Å². The van der Waals surface area contributed by atoms with E-state index < -0.39 is 11.7 Å². The van der Waals surface area contributed by atoms with Crippen LogP contribution in [0.1, 0.15) is 20.8 Å². The molecule has 0 aromatic heterocycles. The van der Waals surface area contributed by atoms with E-state index in [-0.39, 0.29) is 11.1 Å². The molecule has 0 aromatic carbocycles. The van der Waals surface area contributed by atoms with Gasteiger partial charge >= 0.3 is 0 Å². The summed E-state index contributed by atoms with van der Waals surface area (Å²) < 4.78 is 25.5. The average Bonchev–Trinajstić information content (AvgIpc) is 2.00. The second kappa shape index (κ2) is 4.06. The molecule has 2 heteroatoms. The first-order chi connectivity index (χ1) is 5.00. The molecule has 0 heterocycles. The minimum atomic E-state index is -0.569. The maximum Gasteiger partial charge on any atom is 0.131 e. The fraction of sp³-hybridized carbons (Fsp3) is 0.333. The van der Waals surface area contributed by atoms with Crippen LogP contribution >= 0.6 is 0 Å². The fourth-order valence-electron chi connectivity index (χ4n) is 0.641. The van der Waals surface area contributed by atoms with Gasteiger partial charge in [0.2, 0.25) is 0 Å². The molecule has 0 nitrogen and oxygen atoms in total. The van der Waals surface area contributed by atoms with E-state index in [1.54, 1.807) is 0 Å². The Balaban J connectivity index is 4.81. The lowest BCUT2D eigenvalue weighted by Crippen LogP contribution is -1.84. The number of allylic oxidation sites excluding steroid dienone is 5. The van der Waals surface area contributed by atoms with Crippen LogP contribution in [0.4, 0.5) is 8.78 Å². The third kappa shape index (κ3) is 2.66. The van der Waals surface area contributed by atoms with Crippen LogP contribution in [0.5, 0.6) is 0 Å². The van der Waals surface area contributed by atoms with Crippen molar-refractivity contribution in [3.05, 3.63) is 35.5 Å². The summed E-state index contributed by atoms with van der Waals surface area (Å²) in [5, 5.41) is 0. The molecule has 62 valence electrons. The number of rotatable bonds is 2. The summed E-state index contributed by atoms with van der Waals surface area (Å²) in [4.78, 5) is 0. The Kier molecular flexibility index (Phi) is 3.72. The molecule has 0 aliphatic heterocycles. The summed E-state index contributed by atoms with van der Waals surface area (Å²) in [6.45, 7) is 7.77. The zero-order valence-corrected chi connectivity index (χ0v) is 7.04. The van der Waals surface area contributed by atoms with Crippen molar-refractivity contribution >= 4 is 0 Å². The third-order valence-corrected chi connectivity index (χ3v) is 1.32. The molecule has 0 radical (unpaired) electrons. The monoisotopic (exact) mass is 158 g/mol. The van der Waals surface area contributed by atoms with Crippen LogP contribution in [-0.2, 0) is 0 Å². The molecule has 0 N–H and O–H groups in total. The van der Waals surface area contributed by atoms with Gasteiger partial charge in [-0.1, -0.05) is 12.7 Å². The van der Waals surface area contributed by atoms with Gasteiger partial charge in [-0.05, 0) is 26.3 Å². The lowest BCUT2D eigenvalue weighted by Gasteiger charge is -1.99. The molecule has 0 aliphatic rings. The lowest BCUT2D eigenvalue weighted by atomic mass is 10.1. The van der Waals surface area contributed by atoms with Gasteiger partial charge in [0.25, 0.3) is 0 Å². The van der Waals surface area contributed by atoms with Crippen molar-refractivity contribution in [2.24, 2.45) is 0 Å². The largest absolute Gasteiger partial charge is 0.207 e. The topological polar surface area (TPSA) is 0 Å². The van der Waals surface area contributed by atoms with Gasteiger partial charge in [-0.15, -0.1) is 0 Å². The first-order valence-electron chi connectivity index (χ1n) is 3.35. The lowest BCUT2D eigenvalue weighted by molar-refractivity contribution is 0.601. The summed E-state index contributed by atoms with van der Waals surface area (Å²) in [5.74, 6) is -1.11. The van der Waals surface area contributed by atoms with Gasteiger partial charge in [-0.25, -0.2) is 8.78 Å². The van der Waals surface area contributed by atoms with E-state index in [1.165, 1.54) is 26.8 Å². The molecule has 0 bridgehead atoms. The van der Waals surface area contributed by atoms with E-state index in [2.05, 4.69) is 6.58 Å². The number of hydrogen-bond acceptors (Lipinski definition) is 0. The van der Waals surface area contributed by atoms with Crippen molar-refractivity contribution in [1.82, 2.24) is 0 Å². The highest BCUT2D eigenvalue weighted by molar-refractivity contribution is 5.34. The van der Waals surface area contributed by atoms with Gasteiger partial charge in [-0.3, -0.25) is 0 Å². The molecule has 0 saturated heterocycles. The van der Waals surface area contributed by atoms with Crippen molar-refractivity contribution in [1.29, 1.82) is 0 Å². The highest BCUT2D eigenvalue weighted by Gasteiger charge is 2.05. The smallest absolute Gasteiger partial charge is 0.131 e. The first-order valence-corrected chi connectivity index (χ1v) is 3.35. The Morgan fingerprint density at radius 2 is 1.73 bits per heavy atom. The SMILES string of the molecule is C=C(C)/C(F)=C(C)\C(F)=C/C. The summed E-state index contributed by atoms with van der Waals surface area (Å²) in [7, 11) is 0. The summed E-state index contributed by atoms with van der Waals surface area (Å²) >= 11 is 0. The molecule has 0 saturated carbocycles. The van der Waals surface area contributed by atoms with Gasteiger partial charge in [0.05, 0.1) is 0 Å². The Morgan fingerprint density at radius 1 is 1.27 bits per heavy atom. The van der Waals surface area contributed by atoms with E-state index in [0.717, 1.165) is 0 Å². The van der Waals surface area contributed by atoms with E-state index in [0.29, 0.717) is 0 Å². The third-order valence-electron chi connectivity index (χ3n) is 1.32.